The Morgan fingerprint density at radius 3 is 2.79 bits per heavy atom. The molecule has 24 heavy (non-hydrogen) atoms. The first-order chi connectivity index (χ1) is 11.5. The van der Waals surface area contributed by atoms with E-state index in [-0.39, 0.29) is 0 Å². The third-order valence-corrected chi connectivity index (χ3v) is 4.02. The highest BCUT2D eigenvalue weighted by atomic mass is 19.4. The zero-order valence-electron chi connectivity index (χ0n) is 12.5. The van der Waals surface area contributed by atoms with Crippen LogP contribution in [-0.2, 0) is 6.18 Å². The van der Waals surface area contributed by atoms with E-state index in [9.17, 15) is 13.2 Å². The molecule has 0 unspecified atom stereocenters. The summed E-state index contributed by atoms with van der Waals surface area (Å²) in [4.78, 5) is 7.31. The SMILES string of the molecule is FC(F)(F)c1cccc(-c2c[nH]c3nccc(N4CCC=N4)c23)c1. The Morgan fingerprint density at radius 1 is 1.17 bits per heavy atom. The van der Waals surface area contributed by atoms with E-state index in [4.69, 9.17) is 0 Å². The zero-order valence-corrected chi connectivity index (χ0v) is 12.5. The number of H-pyrrole nitrogens is 1. The number of rotatable bonds is 2. The van der Waals surface area contributed by atoms with Crippen LogP contribution in [0.4, 0.5) is 18.9 Å². The second-order valence-electron chi connectivity index (χ2n) is 5.54. The molecule has 0 saturated carbocycles. The van der Waals surface area contributed by atoms with Crippen LogP contribution in [0, 0.1) is 0 Å². The predicted molar refractivity (Wildman–Crippen MR) is 87.0 cm³/mol. The smallest absolute Gasteiger partial charge is 0.345 e. The third-order valence-electron chi connectivity index (χ3n) is 4.02. The van der Waals surface area contributed by atoms with Crippen LogP contribution in [0.25, 0.3) is 22.2 Å². The number of nitrogens with zero attached hydrogens (tertiary/aromatic N) is 3. The van der Waals surface area contributed by atoms with Crippen molar-refractivity contribution in [3.63, 3.8) is 0 Å². The highest BCUT2D eigenvalue weighted by Gasteiger charge is 2.30. The molecule has 1 aliphatic heterocycles. The Kier molecular flexibility index (Phi) is 3.30. The Labute approximate surface area is 135 Å². The molecule has 1 N–H and O–H groups in total. The van der Waals surface area contributed by atoms with Gasteiger partial charge < -0.3 is 4.98 Å². The van der Waals surface area contributed by atoms with Crippen LogP contribution >= 0.6 is 0 Å². The summed E-state index contributed by atoms with van der Waals surface area (Å²) in [5, 5.41) is 6.93. The normalized spacial score (nSPS) is 14.7. The average Bonchev–Trinajstić information content (AvgIpc) is 3.23. The van der Waals surface area contributed by atoms with Gasteiger partial charge in [-0.1, -0.05) is 12.1 Å². The van der Waals surface area contributed by atoms with Crippen LogP contribution in [0.5, 0.6) is 0 Å². The van der Waals surface area contributed by atoms with E-state index in [1.165, 1.54) is 6.07 Å². The maximum absolute atomic E-state index is 13.0. The Balaban J connectivity index is 1.90. The largest absolute Gasteiger partial charge is 0.416 e. The van der Waals surface area contributed by atoms with Gasteiger partial charge in [-0.15, -0.1) is 0 Å². The molecule has 0 atom stereocenters. The molecule has 3 aromatic rings. The number of benzene rings is 1. The number of hydrazone groups is 1. The first-order valence-electron chi connectivity index (χ1n) is 7.48. The van der Waals surface area contributed by atoms with Gasteiger partial charge in [-0.25, -0.2) is 4.98 Å². The molecular weight excluding hydrogens is 317 g/mol. The summed E-state index contributed by atoms with van der Waals surface area (Å²) >= 11 is 0. The van der Waals surface area contributed by atoms with E-state index in [0.29, 0.717) is 16.8 Å². The fraction of sp³-hybridized carbons (Fsp3) is 0.176. The van der Waals surface area contributed by atoms with Gasteiger partial charge in [-0.3, -0.25) is 5.01 Å². The van der Waals surface area contributed by atoms with Crippen molar-refractivity contribution in [1.29, 1.82) is 0 Å². The molecule has 0 fully saturated rings. The van der Waals surface area contributed by atoms with E-state index in [0.717, 1.165) is 36.2 Å². The van der Waals surface area contributed by atoms with Gasteiger partial charge in [-0.2, -0.15) is 18.3 Å². The molecule has 1 aromatic carbocycles. The van der Waals surface area contributed by atoms with Gasteiger partial charge in [0.2, 0.25) is 0 Å². The molecular formula is C17H13F3N4. The molecule has 122 valence electrons. The summed E-state index contributed by atoms with van der Waals surface area (Å²) in [6.07, 6.45) is 1.65. The summed E-state index contributed by atoms with van der Waals surface area (Å²) in [6.45, 7) is 0.742. The van der Waals surface area contributed by atoms with Gasteiger partial charge in [-0.05, 0) is 23.8 Å². The first kappa shape index (κ1) is 14.7. The van der Waals surface area contributed by atoms with Gasteiger partial charge >= 0.3 is 6.18 Å². The van der Waals surface area contributed by atoms with Crippen molar-refractivity contribution in [2.45, 2.75) is 12.6 Å². The number of nitrogens with one attached hydrogen (secondary N) is 1. The molecule has 0 saturated heterocycles. The van der Waals surface area contributed by atoms with Crippen LogP contribution in [0.1, 0.15) is 12.0 Å². The number of pyridine rings is 1. The first-order valence-corrected chi connectivity index (χ1v) is 7.48. The molecule has 0 spiro atoms. The number of fused-ring (bicyclic) bond motifs is 1. The molecule has 0 bridgehead atoms. The Morgan fingerprint density at radius 2 is 2.04 bits per heavy atom. The molecule has 2 aromatic heterocycles. The second kappa shape index (κ2) is 5.36. The Bertz CT molecular complexity index is 927. The predicted octanol–water partition coefficient (Wildman–Crippen LogP) is 4.44. The van der Waals surface area contributed by atoms with Gasteiger partial charge in [0.1, 0.15) is 5.65 Å². The summed E-state index contributed by atoms with van der Waals surface area (Å²) in [6, 6.07) is 7.15. The molecule has 1 aliphatic rings. The lowest BCUT2D eigenvalue weighted by molar-refractivity contribution is -0.137. The molecule has 0 radical (unpaired) electrons. The topological polar surface area (TPSA) is 44.3 Å². The molecule has 0 amide bonds. The van der Waals surface area contributed by atoms with Crippen molar-refractivity contribution in [3.8, 4) is 11.1 Å². The lowest BCUT2D eigenvalue weighted by atomic mass is 10.0. The second-order valence-corrected chi connectivity index (χ2v) is 5.54. The number of anilines is 1. The van der Waals surface area contributed by atoms with Crippen molar-refractivity contribution in [2.75, 3.05) is 11.6 Å². The van der Waals surface area contributed by atoms with E-state index in [2.05, 4.69) is 15.1 Å². The number of aromatic amines is 1. The molecule has 4 nitrogen and oxygen atoms in total. The molecule has 4 rings (SSSR count). The number of aromatic nitrogens is 2. The fourth-order valence-electron chi connectivity index (χ4n) is 2.92. The van der Waals surface area contributed by atoms with E-state index >= 15 is 0 Å². The summed E-state index contributed by atoms with van der Waals surface area (Å²) in [5.74, 6) is 0. The van der Waals surface area contributed by atoms with Gasteiger partial charge in [0.25, 0.3) is 0 Å². The number of hydrogen-bond acceptors (Lipinski definition) is 3. The lowest BCUT2D eigenvalue weighted by Crippen LogP contribution is -2.12. The van der Waals surface area contributed by atoms with E-state index < -0.39 is 11.7 Å². The summed E-state index contributed by atoms with van der Waals surface area (Å²) in [7, 11) is 0. The standard InChI is InChI=1S/C17H13F3N4/c18-17(19,20)12-4-1-3-11(9-12)13-10-22-16-15(13)14(5-7-21-16)24-8-2-6-23-24/h1,3-7,9-10H,2,8H2,(H,21,22). The van der Waals surface area contributed by atoms with Crippen LogP contribution in [0.15, 0.2) is 47.8 Å². The van der Waals surface area contributed by atoms with Crippen molar-refractivity contribution in [3.05, 3.63) is 48.3 Å². The quantitative estimate of drug-likeness (QED) is 0.755. The van der Waals surface area contributed by atoms with Crippen molar-refractivity contribution >= 4 is 22.9 Å². The van der Waals surface area contributed by atoms with Crippen molar-refractivity contribution in [2.24, 2.45) is 5.10 Å². The number of alkyl halides is 3. The summed E-state index contributed by atoms with van der Waals surface area (Å²) in [5.41, 5.74) is 1.97. The fourth-order valence-corrected chi connectivity index (χ4v) is 2.92. The maximum Gasteiger partial charge on any atom is 0.416 e. The van der Waals surface area contributed by atoms with E-state index in [1.54, 1.807) is 18.5 Å². The Hall–Kier alpha value is -2.83. The molecule has 0 aliphatic carbocycles. The lowest BCUT2D eigenvalue weighted by Gasteiger charge is -2.16. The van der Waals surface area contributed by atoms with Crippen LogP contribution in [-0.4, -0.2) is 22.7 Å². The minimum Gasteiger partial charge on any atom is -0.345 e. The number of hydrogen-bond donors (Lipinski definition) is 1. The summed E-state index contributed by atoms with van der Waals surface area (Å²) < 4.78 is 39.0. The molecule has 7 heteroatoms. The average molecular weight is 330 g/mol. The van der Waals surface area contributed by atoms with Crippen LogP contribution < -0.4 is 5.01 Å². The van der Waals surface area contributed by atoms with Gasteiger partial charge in [0.15, 0.2) is 0 Å². The highest BCUT2D eigenvalue weighted by molar-refractivity contribution is 6.02. The van der Waals surface area contributed by atoms with Gasteiger partial charge in [0, 0.05) is 37.1 Å². The van der Waals surface area contributed by atoms with Crippen molar-refractivity contribution in [1.82, 2.24) is 9.97 Å². The zero-order chi connectivity index (χ0) is 16.7. The number of halogens is 3. The minimum atomic E-state index is -4.37. The van der Waals surface area contributed by atoms with Crippen molar-refractivity contribution < 1.29 is 13.2 Å². The van der Waals surface area contributed by atoms with Crippen LogP contribution in [0.3, 0.4) is 0 Å². The van der Waals surface area contributed by atoms with E-state index in [1.807, 2.05) is 17.3 Å². The van der Waals surface area contributed by atoms with Crippen LogP contribution in [0.2, 0.25) is 0 Å². The van der Waals surface area contributed by atoms with Gasteiger partial charge in [0.05, 0.1) is 16.6 Å². The highest BCUT2D eigenvalue weighted by Crippen LogP contribution is 2.38. The minimum absolute atomic E-state index is 0.494. The third kappa shape index (κ3) is 2.42. The maximum atomic E-state index is 13.0. The molecule has 3 heterocycles. The monoisotopic (exact) mass is 330 g/mol.